The molecule has 1 heterocycles. The highest BCUT2D eigenvalue weighted by Gasteiger charge is 2.10. The number of fused-ring (bicyclic) bond motifs is 1. The van der Waals surface area contributed by atoms with E-state index < -0.39 is 0 Å². The van der Waals surface area contributed by atoms with E-state index in [0.717, 1.165) is 11.8 Å². The molecule has 1 N–H and O–H groups in total. The third kappa shape index (κ3) is 1.40. The van der Waals surface area contributed by atoms with Crippen molar-refractivity contribution in [2.45, 2.75) is 0 Å². The summed E-state index contributed by atoms with van der Waals surface area (Å²) in [6.07, 6.45) is 2.53. The van der Waals surface area contributed by atoms with E-state index in [1.807, 2.05) is 0 Å². The molecule has 0 aromatic heterocycles. The van der Waals surface area contributed by atoms with Gasteiger partial charge in [-0.3, -0.25) is 4.79 Å². The van der Waals surface area contributed by atoms with Gasteiger partial charge in [-0.2, -0.15) is 0 Å². The third-order valence-electron chi connectivity index (χ3n) is 1.88. The fraction of sp³-hybridized carbons (Fsp3) is 0.100. The molecule has 1 aromatic carbocycles. The molecule has 3 heteroatoms. The molecule has 1 aliphatic heterocycles. The van der Waals surface area contributed by atoms with E-state index >= 15 is 0 Å². The van der Waals surface area contributed by atoms with Crippen molar-refractivity contribution in [3.05, 3.63) is 29.3 Å². The van der Waals surface area contributed by atoms with Crippen molar-refractivity contribution >= 4 is 12.4 Å². The van der Waals surface area contributed by atoms with Crippen molar-refractivity contribution in [2.24, 2.45) is 0 Å². The number of aromatic hydroxyl groups is 1. The van der Waals surface area contributed by atoms with Crippen molar-refractivity contribution in [3.63, 3.8) is 0 Å². The second kappa shape index (κ2) is 2.94. The van der Waals surface area contributed by atoms with Crippen LogP contribution >= 0.6 is 0 Å². The number of benzene rings is 1. The van der Waals surface area contributed by atoms with Crippen LogP contribution in [0, 0.1) is 0 Å². The lowest BCUT2D eigenvalue weighted by Gasteiger charge is -2.14. The summed E-state index contributed by atoms with van der Waals surface area (Å²) >= 11 is 0. The number of rotatable bonds is 1. The van der Waals surface area contributed by atoms with Crippen LogP contribution in [0.3, 0.4) is 0 Å². The van der Waals surface area contributed by atoms with E-state index in [9.17, 15) is 4.79 Å². The van der Waals surface area contributed by atoms with Gasteiger partial charge in [-0.15, -0.1) is 0 Å². The van der Waals surface area contributed by atoms with Crippen LogP contribution in [0.5, 0.6) is 11.5 Å². The van der Waals surface area contributed by atoms with Crippen LogP contribution in [-0.2, 0) is 4.79 Å². The summed E-state index contributed by atoms with van der Waals surface area (Å²) in [4.78, 5) is 10.4. The van der Waals surface area contributed by atoms with Crippen LogP contribution < -0.4 is 4.74 Å². The molecular formula is C10H8O3. The van der Waals surface area contributed by atoms with Crippen molar-refractivity contribution in [1.82, 2.24) is 0 Å². The number of ether oxygens (including phenoxy) is 1. The number of phenols is 1. The Kier molecular flexibility index (Phi) is 1.77. The van der Waals surface area contributed by atoms with Crippen molar-refractivity contribution in [3.8, 4) is 11.5 Å². The van der Waals surface area contributed by atoms with Gasteiger partial charge in [0, 0.05) is 17.2 Å². The van der Waals surface area contributed by atoms with Gasteiger partial charge in [0.15, 0.2) is 0 Å². The molecule has 0 aliphatic carbocycles. The van der Waals surface area contributed by atoms with E-state index in [1.165, 1.54) is 6.07 Å². The van der Waals surface area contributed by atoms with Gasteiger partial charge in [0.05, 0.1) is 0 Å². The molecule has 1 aliphatic rings. The number of carbonyl (C=O) groups excluding carboxylic acids is 1. The van der Waals surface area contributed by atoms with Crippen LogP contribution in [0.2, 0.25) is 0 Å². The van der Waals surface area contributed by atoms with Gasteiger partial charge in [0.2, 0.25) is 0 Å². The number of hydrogen-bond acceptors (Lipinski definition) is 3. The second-order valence-electron chi connectivity index (χ2n) is 2.85. The van der Waals surface area contributed by atoms with E-state index in [2.05, 4.69) is 0 Å². The van der Waals surface area contributed by atoms with Crippen LogP contribution in [0.1, 0.15) is 5.56 Å². The number of hydrogen-bond donors (Lipinski definition) is 1. The van der Waals surface area contributed by atoms with Gasteiger partial charge in [-0.25, -0.2) is 0 Å². The van der Waals surface area contributed by atoms with Crippen LogP contribution in [0.4, 0.5) is 0 Å². The Bertz CT molecular complexity index is 380. The minimum Gasteiger partial charge on any atom is -0.508 e. The molecule has 0 atom stereocenters. The molecule has 66 valence electrons. The molecule has 2 rings (SSSR count). The summed E-state index contributed by atoms with van der Waals surface area (Å²) in [5.41, 5.74) is 1.43. The molecule has 0 spiro atoms. The maximum atomic E-state index is 10.4. The smallest absolute Gasteiger partial charge is 0.149 e. The first-order chi connectivity index (χ1) is 6.29. The van der Waals surface area contributed by atoms with Gasteiger partial charge >= 0.3 is 0 Å². The average molecular weight is 176 g/mol. The van der Waals surface area contributed by atoms with Crippen molar-refractivity contribution < 1.29 is 14.6 Å². The van der Waals surface area contributed by atoms with Crippen molar-refractivity contribution in [1.29, 1.82) is 0 Å². The summed E-state index contributed by atoms with van der Waals surface area (Å²) < 4.78 is 5.25. The predicted molar refractivity (Wildman–Crippen MR) is 47.6 cm³/mol. The van der Waals surface area contributed by atoms with Crippen LogP contribution in [0.15, 0.2) is 23.8 Å². The Hall–Kier alpha value is -1.77. The quantitative estimate of drug-likeness (QED) is 0.657. The molecular weight excluding hydrogens is 168 g/mol. The first-order valence-electron chi connectivity index (χ1n) is 3.91. The minimum atomic E-state index is 0.168. The summed E-state index contributed by atoms with van der Waals surface area (Å²) in [6, 6.07) is 4.81. The highest BCUT2D eigenvalue weighted by atomic mass is 16.5. The second-order valence-corrected chi connectivity index (χ2v) is 2.85. The third-order valence-corrected chi connectivity index (χ3v) is 1.88. The fourth-order valence-corrected chi connectivity index (χ4v) is 1.24. The zero-order chi connectivity index (χ0) is 9.26. The zero-order valence-electron chi connectivity index (χ0n) is 6.86. The maximum absolute atomic E-state index is 10.4. The lowest BCUT2D eigenvalue weighted by molar-refractivity contribution is -0.105. The number of aldehydes is 1. The molecule has 0 radical (unpaired) electrons. The average Bonchev–Trinajstić information content (AvgIpc) is 2.17. The molecule has 3 nitrogen and oxygen atoms in total. The van der Waals surface area contributed by atoms with E-state index in [4.69, 9.17) is 9.84 Å². The standard InChI is InChI=1S/C10H8O3/c11-5-7-3-8-1-2-9(12)4-10(8)13-6-7/h1-5,12H,6H2. The first kappa shape index (κ1) is 7.86. The Morgan fingerprint density at radius 1 is 1.46 bits per heavy atom. The summed E-state index contributed by atoms with van der Waals surface area (Å²) in [6.45, 7) is 0.278. The lowest BCUT2D eigenvalue weighted by atomic mass is 10.1. The summed E-state index contributed by atoms with van der Waals surface area (Å²) in [7, 11) is 0. The van der Waals surface area contributed by atoms with E-state index in [-0.39, 0.29) is 12.4 Å². The predicted octanol–water partition coefficient (Wildman–Crippen LogP) is 1.37. The first-order valence-corrected chi connectivity index (χ1v) is 3.91. The topological polar surface area (TPSA) is 46.5 Å². The lowest BCUT2D eigenvalue weighted by Crippen LogP contribution is -2.07. The molecule has 0 unspecified atom stereocenters. The largest absolute Gasteiger partial charge is 0.508 e. The van der Waals surface area contributed by atoms with Crippen molar-refractivity contribution in [2.75, 3.05) is 6.61 Å². The SMILES string of the molecule is O=CC1=Cc2ccc(O)cc2OC1. The zero-order valence-corrected chi connectivity index (χ0v) is 6.86. The van der Waals surface area contributed by atoms with Crippen LogP contribution in [-0.4, -0.2) is 18.0 Å². The minimum absolute atomic E-state index is 0.168. The maximum Gasteiger partial charge on any atom is 0.149 e. The Balaban J connectivity index is 2.48. The Labute approximate surface area is 75.3 Å². The summed E-state index contributed by atoms with van der Waals surface area (Å²) in [5.74, 6) is 0.785. The molecule has 13 heavy (non-hydrogen) atoms. The molecule has 0 saturated carbocycles. The summed E-state index contributed by atoms with van der Waals surface area (Å²) in [5, 5.41) is 9.14. The monoisotopic (exact) mass is 176 g/mol. The van der Waals surface area contributed by atoms with E-state index in [0.29, 0.717) is 11.3 Å². The Morgan fingerprint density at radius 3 is 3.08 bits per heavy atom. The highest BCUT2D eigenvalue weighted by molar-refractivity contribution is 5.84. The molecule has 1 aromatic rings. The van der Waals surface area contributed by atoms with Gasteiger partial charge in [0.25, 0.3) is 0 Å². The number of carbonyl (C=O) groups is 1. The highest BCUT2D eigenvalue weighted by Crippen LogP contribution is 2.29. The van der Waals surface area contributed by atoms with Crippen LogP contribution in [0.25, 0.3) is 6.08 Å². The van der Waals surface area contributed by atoms with Gasteiger partial charge < -0.3 is 9.84 Å². The molecule has 0 saturated heterocycles. The molecule has 0 amide bonds. The molecule has 0 bridgehead atoms. The number of phenolic OH excluding ortho intramolecular Hbond substituents is 1. The van der Waals surface area contributed by atoms with Gasteiger partial charge in [0.1, 0.15) is 24.4 Å². The Morgan fingerprint density at radius 2 is 2.31 bits per heavy atom. The van der Waals surface area contributed by atoms with E-state index in [1.54, 1.807) is 18.2 Å². The fourth-order valence-electron chi connectivity index (χ4n) is 1.24. The molecule has 0 fully saturated rings. The van der Waals surface area contributed by atoms with Gasteiger partial charge in [-0.1, -0.05) is 0 Å². The normalized spacial score (nSPS) is 14.0. The van der Waals surface area contributed by atoms with Gasteiger partial charge in [-0.05, 0) is 18.2 Å².